The van der Waals surface area contributed by atoms with E-state index in [1.807, 2.05) is 79.8 Å². The van der Waals surface area contributed by atoms with Gasteiger partial charge in [0.1, 0.15) is 0 Å². The highest BCUT2D eigenvalue weighted by Crippen LogP contribution is 2.44. The molecule has 0 radical (unpaired) electrons. The number of fused-ring (bicyclic) bond motifs is 1. The van der Waals surface area contributed by atoms with E-state index in [-0.39, 0.29) is 17.9 Å². The van der Waals surface area contributed by atoms with Crippen LogP contribution in [0, 0.1) is 0 Å². The maximum atomic E-state index is 13.3. The summed E-state index contributed by atoms with van der Waals surface area (Å²) in [5, 5.41) is 1.29. The largest absolute Gasteiger partial charge is 0.334 e. The van der Waals surface area contributed by atoms with Crippen LogP contribution in [-0.4, -0.2) is 17.9 Å². The molecule has 0 aromatic heterocycles. The van der Waals surface area contributed by atoms with Gasteiger partial charge in [-0.2, -0.15) is 0 Å². The van der Waals surface area contributed by atoms with E-state index in [1.54, 1.807) is 4.90 Å². The van der Waals surface area contributed by atoms with Crippen LogP contribution in [0.1, 0.15) is 34.2 Å². The summed E-state index contributed by atoms with van der Waals surface area (Å²) in [6.45, 7) is 0. The molecule has 4 heteroatoms. The first-order valence-corrected chi connectivity index (χ1v) is 9.19. The molecule has 0 unspecified atom stereocenters. The molecule has 0 saturated heterocycles. The van der Waals surface area contributed by atoms with Crippen LogP contribution in [0.4, 0.5) is 0 Å². The molecule has 2 atom stereocenters. The van der Waals surface area contributed by atoms with Crippen molar-refractivity contribution in [3.05, 3.63) is 105 Å². The van der Waals surface area contributed by atoms with Gasteiger partial charge in [-0.25, -0.2) is 0 Å². The molecule has 0 spiro atoms. The third-order valence-corrected chi connectivity index (χ3v) is 5.55. The molecule has 1 heterocycles. The van der Waals surface area contributed by atoms with Crippen molar-refractivity contribution < 1.29 is 4.79 Å². The Morgan fingerprint density at radius 1 is 0.808 bits per heavy atom. The Hall–Kier alpha value is -2.29. The Kier molecular flexibility index (Phi) is 4.47. The lowest BCUT2D eigenvalue weighted by Gasteiger charge is -2.39. The van der Waals surface area contributed by atoms with Crippen LogP contribution in [0.5, 0.6) is 0 Å². The summed E-state index contributed by atoms with van der Waals surface area (Å²) >= 11 is 12.8. The topological polar surface area (TPSA) is 20.3 Å². The first kappa shape index (κ1) is 17.1. The van der Waals surface area contributed by atoms with Crippen LogP contribution in [0.25, 0.3) is 0 Å². The second-order valence-electron chi connectivity index (χ2n) is 6.49. The summed E-state index contributed by atoms with van der Waals surface area (Å²) in [6.07, 6.45) is 0. The number of halogens is 2. The van der Waals surface area contributed by atoms with Crippen molar-refractivity contribution in [2.24, 2.45) is 0 Å². The summed E-state index contributed by atoms with van der Waals surface area (Å²) in [5.41, 5.74) is 3.88. The summed E-state index contributed by atoms with van der Waals surface area (Å²) in [6, 6.07) is 23.0. The quantitative estimate of drug-likeness (QED) is 0.558. The van der Waals surface area contributed by atoms with E-state index in [0.717, 1.165) is 22.3 Å². The summed E-state index contributed by atoms with van der Waals surface area (Å²) in [7, 11) is 1.83. The van der Waals surface area contributed by atoms with Crippen LogP contribution in [0.2, 0.25) is 10.0 Å². The molecule has 130 valence electrons. The normalized spacial score (nSPS) is 19.3. The zero-order valence-corrected chi connectivity index (χ0v) is 15.7. The van der Waals surface area contributed by atoms with Crippen LogP contribution < -0.4 is 0 Å². The first-order chi connectivity index (χ1) is 12.6. The molecule has 0 N–H and O–H groups in total. The number of carbonyl (C=O) groups excluding carboxylic acids is 1. The van der Waals surface area contributed by atoms with Crippen molar-refractivity contribution in [2.75, 3.05) is 7.05 Å². The molecule has 3 aromatic rings. The lowest BCUT2D eigenvalue weighted by atomic mass is 9.79. The van der Waals surface area contributed by atoms with E-state index in [0.29, 0.717) is 10.0 Å². The summed E-state index contributed by atoms with van der Waals surface area (Å²) in [5.74, 6) is -0.289. The van der Waals surface area contributed by atoms with Gasteiger partial charge in [-0.3, -0.25) is 4.79 Å². The number of hydrogen-bond donors (Lipinski definition) is 0. The van der Waals surface area contributed by atoms with Gasteiger partial charge in [-0.05, 0) is 40.5 Å². The Balaban J connectivity index is 1.95. The minimum atomic E-state index is -0.341. The third kappa shape index (κ3) is 2.80. The SMILES string of the molecule is CN1C(=O)[C@@H](c2ccccc2)c2ccc(Cl)cc2[C@@H]1c1ccccc1Cl. The van der Waals surface area contributed by atoms with Crippen LogP contribution in [0.15, 0.2) is 72.8 Å². The molecule has 4 rings (SSSR count). The standard InChI is InChI=1S/C22H17Cl2NO/c1-25-21(17-9-5-6-10-19(17)24)18-13-15(23)11-12-16(18)20(22(25)26)14-7-3-2-4-8-14/h2-13,20-21H,1H3/t20-,21-/m0/s1. The van der Waals surface area contributed by atoms with Gasteiger partial charge >= 0.3 is 0 Å². The highest BCUT2D eigenvalue weighted by atomic mass is 35.5. The zero-order valence-electron chi connectivity index (χ0n) is 14.2. The van der Waals surface area contributed by atoms with E-state index in [2.05, 4.69) is 0 Å². The second kappa shape index (κ2) is 6.79. The molecule has 2 nitrogen and oxygen atoms in total. The minimum Gasteiger partial charge on any atom is -0.334 e. The van der Waals surface area contributed by atoms with E-state index in [9.17, 15) is 4.79 Å². The summed E-state index contributed by atoms with van der Waals surface area (Å²) in [4.78, 5) is 15.1. The molecular formula is C22H17Cl2NO. The second-order valence-corrected chi connectivity index (χ2v) is 7.33. The third-order valence-electron chi connectivity index (χ3n) is 4.97. The number of likely N-dealkylation sites (N-methyl/N-ethyl adjacent to an activating group) is 1. The van der Waals surface area contributed by atoms with Crippen LogP contribution in [0.3, 0.4) is 0 Å². The van der Waals surface area contributed by atoms with Gasteiger partial charge in [-0.1, -0.05) is 77.8 Å². The maximum absolute atomic E-state index is 13.3. The van der Waals surface area contributed by atoms with Crippen molar-refractivity contribution in [2.45, 2.75) is 12.0 Å². The van der Waals surface area contributed by atoms with Gasteiger partial charge in [0.2, 0.25) is 5.91 Å². The Labute approximate surface area is 163 Å². The predicted molar refractivity (Wildman–Crippen MR) is 106 cm³/mol. The number of rotatable bonds is 2. The molecule has 0 saturated carbocycles. The van der Waals surface area contributed by atoms with Gasteiger partial charge in [0.25, 0.3) is 0 Å². The van der Waals surface area contributed by atoms with Gasteiger partial charge in [0, 0.05) is 17.1 Å². The van der Waals surface area contributed by atoms with Gasteiger partial charge in [-0.15, -0.1) is 0 Å². The zero-order chi connectivity index (χ0) is 18.3. The van der Waals surface area contributed by atoms with Crippen LogP contribution in [-0.2, 0) is 4.79 Å². The Morgan fingerprint density at radius 2 is 1.50 bits per heavy atom. The Bertz CT molecular complexity index is 971. The fraction of sp³-hybridized carbons (Fsp3) is 0.136. The van der Waals surface area contributed by atoms with Crippen molar-refractivity contribution >= 4 is 29.1 Å². The van der Waals surface area contributed by atoms with Crippen molar-refractivity contribution in [1.29, 1.82) is 0 Å². The van der Waals surface area contributed by atoms with E-state index in [1.165, 1.54) is 0 Å². The number of benzene rings is 3. The minimum absolute atomic E-state index is 0.0518. The molecule has 1 aliphatic rings. The molecular weight excluding hydrogens is 365 g/mol. The molecule has 3 aromatic carbocycles. The lowest BCUT2D eigenvalue weighted by Crippen LogP contribution is -2.41. The fourth-order valence-electron chi connectivity index (χ4n) is 3.76. The smallest absolute Gasteiger partial charge is 0.235 e. The molecule has 1 amide bonds. The number of carbonyl (C=O) groups is 1. The number of hydrogen-bond acceptors (Lipinski definition) is 1. The van der Waals surface area contributed by atoms with Gasteiger partial charge in [0.15, 0.2) is 0 Å². The monoisotopic (exact) mass is 381 g/mol. The molecule has 0 aliphatic carbocycles. The van der Waals surface area contributed by atoms with E-state index >= 15 is 0 Å². The van der Waals surface area contributed by atoms with E-state index in [4.69, 9.17) is 23.2 Å². The van der Waals surface area contributed by atoms with Crippen molar-refractivity contribution in [3.8, 4) is 0 Å². The predicted octanol–water partition coefficient (Wildman–Crippen LogP) is 5.69. The molecule has 0 fully saturated rings. The fourth-order valence-corrected chi connectivity index (χ4v) is 4.18. The maximum Gasteiger partial charge on any atom is 0.235 e. The van der Waals surface area contributed by atoms with Crippen LogP contribution >= 0.6 is 23.2 Å². The number of amides is 1. The average Bonchev–Trinajstić information content (AvgIpc) is 2.65. The average molecular weight is 382 g/mol. The first-order valence-electron chi connectivity index (χ1n) is 8.43. The summed E-state index contributed by atoms with van der Waals surface area (Å²) < 4.78 is 0. The molecule has 1 aliphatic heterocycles. The van der Waals surface area contributed by atoms with E-state index < -0.39 is 0 Å². The molecule has 0 bridgehead atoms. The van der Waals surface area contributed by atoms with Gasteiger partial charge < -0.3 is 4.90 Å². The van der Waals surface area contributed by atoms with Gasteiger partial charge in [0.05, 0.1) is 12.0 Å². The lowest BCUT2D eigenvalue weighted by molar-refractivity contribution is -0.133. The Morgan fingerprint density at radius 3 is 2.23 bits per heavy atom. The van der Waals surface area contributed by atoms with Crippen molar-refractivity contribution in [3.63, 3.8) is 0 Å². The van der Waals surface area contributed by atoms with Crippen molar-refractivity contribution in [1.82, 2.24) is 4.90 Å². The highest BCUT2D eigenvalue weighted by Gasteiger charge is 2.39. The highest BCUT2D eigenvalue weighted by molar-refractivity contribution is 6.31. The number of nitrogens with zero attached hydrogens (tertiary/aromatic N) is 1. The molecule has 26 heavy (non-hydrogen) atoms.